The Balaban J connectivity index is 2.07. The van der Waals surface area contributed by atoms with E-state index in [1.165, 1.54) is 6.07 Å². The first-order valence-corrected chi connectivity index (χ1v) is 7.64. The van der Waals surface area contributed by atoms with Crippen molar-refractivity contribution in [2.24, 2.45) is 5.92 Å². The minimum absolute atomic E-state index is 0.0884. The number of benzene rings is 2. The zero-order valence-electron chi connectivity index (χ0n) is 12.0. The summed E-state index contributed by atoms with van der Waals surface area (Å²) in [6.07, 6.45) is 0.584. The van der Waals surface area contributed by atoms with Crippen molar-refractivity contribution in [2.45, 2.75) is 13.3 Å². The number of hydrogen-bond acceptors (Lipinski definition) is 2. The fourth-order valence-electron chi connectivity index (χ4n) is 2.14. The van der Waals surface area contributed by atoms with Crippen molar-refractivity contribution in [3.63, 3.8) is 0 Å². The minimum atomic E-state index is -1.06. The van der Waals surface area contributed by atoms with Gasteiger partial charge in [0.1, 0.15) is 0 Å². The SMILES string of the molecule is CC(Cc1cccc(Br)c1)C(=O)Nc1ccccc1C(=O)O. The molecule has 114 valence electrons. The lowest BCUT2D eigenvalue weighted by atomic mass is 10.00. The number of halogens is 1. The Morgan fingerprint density at radius 3 is 2.59 bits per heavy atom. The molecule has 4 nitrogen and oxygen atoms in total. The van der Waals surface area contributed by atoms with Crippen LogP contribution < -0.4 is 5.32 Å². The maximum absolute atomic E-state index is 12.3. The molecule has 5 heteroatoms. The molecule has 0 saturated carbocycles. The monoisotopic (exact) mass is 361 g/mol. The highest BCUT2D eigenvalue weighted by Crippen LogP contribution is 2.19. The molecule has 2 rings (SSSR count). The predicted octanol–water partition coefficient (Wildman–Crippen LogP) is 3.96. The molecule has 0 bridgehead atoms. The maximum atomic E-state index is 12.3. The van der Waals surface area contributed by atoms with Crippen molar-refractivity contribution >= 4 is 33.5 Å². The van der Waals surface area contributed by atoms with Gasteiger partial charge in [0.25, 0.3) is 0 Å². The average molecular weight is 362 g/mol. The second-order valence-corrected chi connectivity index (χ2v) is 5.99. The zero-order chi connectivity index (χ0) is 16.1. The van der Waals surface area contributed by atoms with Gasteiger partial charge < -0.3 is 10.4 Å². The summed E-state index contributed by atoms with van der Waals surface area (Å²) >= 11 is 3.40. The molecule has 22 heavy (non-hydrogen) atoms. The second-order valence-electron chi connectivity index (χ2n) is 5.08. The van der Waals surface area contributed by atoms with Gasteiger partial charge in [0.15, 0.2) is 0 Å². The minimum Gasteiger partial charge on any atom is -0.478 e. The lowest BCUT2D eigenvalue weighted by molar-refractivity contribution is -0.119. The van der Waals surface area contributed by atoms with Gasteiger partial charge in [0, 0.05) is 10.4 Å². The Kier molecular flexibility index (Phi) is 5.33. The molecule has 2 N–H and O–H groups in total. The molecule has 0 spiro atoms. The lowest BCUT2D eigenvalue weighted by Crippen LogP contribution is -2.23. The molecule has 0 aromatic heterocycles. The highest BCUT2D eigenvalue weighted by Gasteiger charge is 2.17. The summed E-state index contributed by atoms with van der Waals surface area (Å²) in [5.41, 5.74) is 1.45. The summed E-state index contributed by atoms with van der Waals surface area (Å²) in [5, 5.41) is 11.8. The van der Waals surface area contributed by atoms with Crippen molar-refractivity contribution < 1.29 is 14.7 Å². The smallest absolute Gasteiger partial charge is 0.337 e. The third-order valence-corrected chi connectivity index (χ3v) is 3.79. The largest absolute Gasteiger partial charge is 0.478 e. The topological polar surface area (TPSA) is 66.4 Å². The highest BCUT2D eigenvalue weighted by molar-refractivity contribution is 9.10. The van der Waals surface area contributed by atoms with Gasteiger partial charge in [-0.25, -0.2) is 4.79 Å². The summed E-state index contributed by atoms with van der Waals surface area (Å²) in [4.78, 5) is 23.4. The molecule has 0 aliphatic carbocycles. The number of rotatable bonds is 5. The number of nitrogens with one attached hydrogen (secondary N) is 1. The van der Waals surface area contributed by atoms with Gasteiger partial charge >= 0.3 is 5.97 Å². The molecular formula is C17H16BrNO3. The first kappa shape index (κ1) is 16.2. The Morgan fingerprint density at radius 2 is 1.91 bits per heavy atom. The van der Waals surface area contributed by atoms with Gasteiger partial charge in [-0.3, -0.25) is 4.79 Å². The number of anilines is 1. The number of carboxylic acid groups (broad SMARTS) is 1. The molecule has 1 amide bonds. The zero-order valence-corrected chi connectivity index (χ0v) is 13.6. The van der Waals surface area contributed by atoms with E-state index in [0.29, 0.717) is 12.1 Å². The van der Waals surface area contributed by atoms with Crippen LogP contribution in [0.2, 0.25) is 0 Å². The predicted molar refractivity (Wildman–Crippen MR) is 89.0 cm³/mol. The van der Waals surface area contributed by atoms with Crippen LogP contribution in [-0.4, -0.2) is 17.0 Å². The van der Waals surface area contributed by atoms with Crippen LogP contribution in [-0.2, 0) is 11.2 Å². The number of para-hydroxylation sites is 1. The quantitative estimate of drug-likeness (QED) is 0.846. The van der Waals surface area contributed by atoms with E-state index >= 15 is 0 Å². The molecule has 1 unspecified atom stereocenters. The van der Waals surface area contributed by atoms with E-state index in [0.717, 1.165) is 10.0 Å². The Morgan fingerprint density at radius 1 is 1.18 bits per heavy atom. The van der Waals surface area contributed by atoms with Crippen molar-refractivity contribution in [1.82, 2.24) is 0 Å². The van der Waals surface area contributed by atoms with E-state index < -0.39 is 5.97 Å². The van der Waals surface area contributed by atoms with E-state index in [-0.39, 0.29) is 17.4 Å². The molecule has 0 radical (unpaired) electrons. The number of carbonyl (C=O) groups excluding carboxylic acids is 1. The van der Waals surface area contributed by atoms with E-state index in [9.17, 15) is 9.59 Å². The molecule has 2 aromatic carbocycles. The number of aromatic carboxylic acids is 1. The van der Waals surface area contributed by atoms with E-state index in [1.807, 2.05) is 31.2 Å². The van der Waals surface area contributed by atoms with Crippen LogP contribution in [0.5, 0.6) is 0 Å². The second kappa shape index (κ2) is 7.22. The Hall–Kier alpha value is -2.14. The van der Waals surface area contributed by atoms with Crippen LogP contribution in [0.25, 0.3) is 0 Å². The first-order chi connectivity index (χ1) is 10.5. The summed E-state index contributed by atoms with van der Waals surface area (Å²) < 4.78 is 0.967. The van der Waals surface area contributed by atoms with Crippen molar-refractivity contribution in [3.05, 3.63) is 64.1 Å². The first-order valence-electron chi connectivity index (χ1n) is 6.85. The number of amides is 1. The fraction of sp³-hybridized carbons (Fsp3) is 0.176. The fourth-order valence-corrected chi connectivity index (χ4v) is 2.59. The molecule has 2 aromatic rings. The Bertz CT molecular complexity index is 700. The van der Waals surface area contributed by atoms with E-state index in [1.54, 1.807) is 18.2 Å². The standard InChI is InChI=1S/C17H16BrNO3/c1-11(9-12-5-4-6-13(18)10-12)16(20)19-15-8-3-2-7-14(15)17(21)22/h2-8,10-11H,9H2,1H3,(H,19,20)(H,21,22). The normalized spacial score (nSPS) is 11.7. The van der Waals surface area contributed by atoms with E-state index in [4.69, 9.17) is 5.11 Å². The molecule has 0 saturated heterocycles. The molecule has 0 aliphatic rings. The van der Waals surface area contributed by atoms with Crippen LogP contribution in [0.3, 0.4) is 0 Å². The summed E-state index contributed by atoms with van der Waals surface area (Å²) in [5.74, 6) is -1.53. The number of hydrogen-bond donors (Lipinski definition) is 2. The van der Waals surface area contributed by atoms with Gasteiger partial charge in [-0.2, -0.15) is 0 Å². The van der Waals surface area contributed by atoms with E-state index in [2.05, 4.69) is 21.2 Å². The van der Waals surface area contributed by atoms with Gasteiger partial charge in [-0.15, -0.1) is 0 Å². The highest BCUT2D eigenvalue weighted by atomic mass is 79.9. The maximum Gasteiger partial charge on any atom is 0.337 e. The van der Waals surface area contributed by atoms with Crippen LogP contribution in [0.4, 0.5) is 5.69 Å². The van der Waals surface area contributed by atoms with Crippen LogP contribution in [0.1, 0.15) is 22.8 Å². The Labute approximate surface area is 137 Å². The van der Waals surface area contributed by atoms with Gasteiger partial charge in [0.05, 0.1) is 11.3 Å². The third-order valence-electron chi connectivity index (χ3n) is 3.29. The van der Waals surface area contributed by atoms with Crippen LogP contribution in [0, 0.1) is 5.92 Å². The molecule has 1 atom stereocenters. The number of carboxylic acids is 1. The van der Waals surface area contributed by atoms with Gasteiger partial charge in [-0.1, -0.05) is 47.1 Å². The van der Waals surface area contributed by atoms with Gasteiger partial charge in [0.2, 0.25) is 5.91 Å². The summed E-state index contributed by atoms with van der Waals surface area (Å²) in [7, 11) is 0. The van der Waals surface area contributed by atoms with Crippen LogP contribution >= 0.6 is 15.9 Å². The van der Waals surface area contributed by atoms with Crippen molar-refractivity contribution in [2.75, 3.05) is 5.32 Å². The molecule has 0 heterocycles. The van der Waals surface area contributed by atoms with Crippen molar-refractivity contribution in [1.29, 1.82) is 0 Å². The molecule has 0 fully saturated rings. The average Bonchev–Trinajstić information content (AvgIpc) is 2.47. The third kappa shape index (κ3) is 4.18. The summed E-state index contributed by atoms with van der Waals surface area (Å²) in [6, 6.07) is 14.2. The number of carbonyl (C=O) groups is 2. The summed E-state index contributed by atoms with van der Waals surface area (Å²) in [6.45, 7) is 1.82. The van der Waals surface area contributed by atoms with Gasteiger partial charge in [-0.05, 0) is 36.2 Å². The van der Waals surface area contributed by atoms with Crippen molar-refractivity contribution in [3.8, 4) is 0 Å². The molecule has 0 aliphatic heterocycles. The van der Waals surface area contributed by atoms with Crippen LogP contribution in [0.15, 0.2) is 53.0 Å². The lowest BCUT2D eigenvalue weighted by Gasteiger charge is -2.14. The molecular weight excluding hydrogens is 346 g/mol.